The maximum atomic E-state index is 12.2. The highest BCUT2D eigenvalue weighted by molar-refractivity contribution is 8.01. The monoisotopic (exact) mass is 419 g/mol. The Morgan fingerprint density at radius 1 is 1.40 bits per heavy atom. The van der Waals surface area contributed by atoms with Crippen molar-refractivity contribution in [3.63, 3.8) is 0 Å². The van der Waals surface area contributed by atoms with E-state index in [2.05, 4.69) is 24.1 Å². The maximum absolute atomic E-state index is 12.2. The fraction of sp³-hybridized carbons (Fsp3) is 0.333. The number of hydrogen-bond acceptors (Lipinski definition) is 6. The third kappa shape index (κ3) is 5.31. The van der Waals surface area contributed by atoms with Crippen molar-refractivity contribution in [3.05, 3.63) is 43.5 Å². The van der Waals surface area contributed by atoms with Gasteiger partial charge in [-0.3, -0.25) is 19.9 Å². The fourth-order valence-electron chi connectivity index (χ4n) is 1.83. The van der Waals surface area contributed by atoms with E-state index in [1.54, 1.807) is 0 Å². The Balaban J connectivity index is 2.25. The molecular formula is C15H15Cl2N3O3S2. The molecule has 0 saturated carbocycles. The molecule has 0 unspecified atom stereocenters. The van der Waals surface area contributed by atoms with Crippen molar-refractivity contribution in [1.29, 1.82) is 0 Å². The average Bonchev–Trinajstić information content (AvgIpc) is 2.95. The van der Waals surface area contributed by atoms with Crippen LogP contribution in [0.2, 0.25) is 10.0 Å². The summed E-state index contributed by atoms with van der Waals surface area (Å²) in [5.41, 5.74) is -0.145. The summed E-state index contributed by atoms with van der Waals surface area (Å²) in [6.07, 6.45) is 3.66. The lowest BCUT2D eigenvalue weighted by atomic mass is 10.1. The summed E-state index contributed by atoms with van der Waals surface area (Å²) in [6, 6.07) is 1.28. The lowest BCUT2D eigenvalue weighted by Gasteiger charge is -2.05. The molecule has 0 aliphatic carbocycles. The summed E-state index contributed by atoms with van der Waals surface area (Å²) in [5.74, 6) is 0.132. The van der Waals surface area contributed by atoms with E-state index >= 15 is 0 Å². The Morgan fingerprint density at radius 2 is 2.04 bits per heavy atom. The Kier molecular flexibility index (Phi) is 7.06. The summed E-state index contributed by atoms with van der Waals surface area (Å²) in [6.45, 7) is 4.63. The minimum Gasteiger partial charge on any atom is -0.351 e. The van der Waals surface area contributed by atoms with Crippen molar-refractivity contribution in [3.8, 4) is 0 Å². The molecule has 0 radical (unpaired) electrons. The fourth-order valence-corrected chi connectivity index (χ4v) is 4.61. The van der Waals surface area contributed by atoms with Gasteiger partial charge in [0.15, 0.2) is 0 Å². The Morgan fingerprint density at radius 3 is 2.60 bits per heavy atom. The molecule has 0 bridgehead atoms. The molecule has 0 aliphatic heterocycles. The molecule has 6 nitrogen and oxygen atoms in total. The topological polar surface area (TPSA) is 85.1 Å². The number of amides is 1. The summed E-state index contributed by atoms with van der Waals surface area (Å²) < 4.78 is 0.342. The van der Waals surface area contributed by atoms with Crippen LogP contribution in [0.1, 0.15) is 29.9 Å². The van der Waals surface area contributed by atoms with Crippen molar-refractivity contribution in [2.75, 3.05) is 6.54 Å². The van der Waals surface area contributed by atoms with E-state index in [0.717, 1.165) is 29.5 Å². The standard InChI is InChI=1S/C15H15Cl2N3O3S2/c1-8(2)3-4-19-14(21)12-5-11(20(22)23)15(24-12)25-13-9(16)6-18-7-10(13)17/h5-8H,3-4H2,1-2H3,(H,19,21). The van der Waals surface area contributed by atoms with Gasteiger partial charge in [-0.15, -0.1) is 11.3 Å². The molecule has 0 fully saturated rings. The lowest BCUT2D eigenvalue weighted by Crippen LogP contribution is -2.24. The zero-order chi connectivity index (χ0) is 18.6. The normalized spacial score (nSPS) is 10.9. The van der Waals surface area contributed by atoms with E-state index in [1.807, 2.05) is 0 Å². The van der Waals surface area contributed by atoms with Gasteiger partial charge in [0.05, 0.1) is 19.9 Å². The molecule has 0 saturated heterocycles. The van der Waals surface area contributed by atoms with E-state index in [9.17, 15) is 14.9 Å². The van der Waals surface area contributed by atoms with Gasteiger partial charge in [0.2, 0.25) is 0 Å². The molecule has 2 aromatic rings. The van der Waals surface area contributed by atoms with Gasteiger partial charge in [0, 0.05) is 25.0 Å². The first kappa shape index (κ1) is 20.0. The number of carbonyl (C=O) groups is 1. The van der Waals surface area contributed by atoms with Crippen LogP contribution in [0, 0.1) is 16.0 Å². The number of aromatic nitrogens is 1. The summed E-state index contributed by atoms with van der Waals surface area (Å²) >= 11 is 14.2. The first-order valence-electron chi connectivity index (χ1n) is 7.32. The number of nitrogens with zero attached hydrogens (tertiary/aromatic N) is 2. The predicted octanol–water partition coefficient (Wildman–Crippen LogP) is 5.29. The van der Waals surface area contributed by atoms with Crippen molar-refractivity contribution in [2.24, 2.45) is 5.92 Å². The number of thiophene rings is 1. The number of halogens is 2. The Hall–Kier alpha value is -1.35. The second-order valence-corrected chi connectivity index (χ2v) is 8.66. The van der Waals surface area contributed by atoms with E-state index in [4.69, 9.17) is 23.2 Å². The average molecular weight is 420 g/mol. The molecule has 0 atom stereocenters. The Labute approximate surface area is 163 Å². The summed E-state index contributed by atoms with van der Waals surface area (Å²) in [4.78, 5) is 27.6. The zero-order valence-corrected chi connectivity index (χ0v) is 16.6. The van der Waals surface area contributed by atoms with Crippen LogP contribution in [0.4, 0.5) is 5.69 Å². The van der Waals surface area contributed by atoms with Crippen molar-refractivity contribution >= 4 is 57.9 Å². The van der Waals surface area contributed by atoms with Crippen LogP contribution in [-0.2, 0) is 0 Å². The molecule has 25 heavy (non-hydrogen) atoms. The van der Waals surface area contributed by atoms with Gasteiger partial charge in [-0.25, -0.2) is 0 Å². The highest BCUT2D eigenvalue weighted by atomic mass is 35.5. The third-order valence-corrected chi connectivity index (χ3v) is 6.37. The zero-order valence-electron chi connectivity index (χ0n) is 13.4. The molecule has 0 aliphatic rings. The van der Waals surface area contributed by atoms with Crippen LogP contribution in [-0.4, -0.2) is 22.4 Å². The number of carbonyl (C=O) groups excluding carboxylic acids is 1. The molecule has 2 heterocycles. The highest BCUT2D eigenvalue weighted by Gasteiger charge is 2.24. The van der Waals surface area contributed by atoms with Gasteiger partial charge in [-0.1, -0.05) is 48.8 Å². The van der Waals surface area contributed by atoms with Crippen LogP contribution in [0.25, 0.3) is 0 Å². The first-order valence-corrected chi connectivity index (χ1v) is 9.71. The molecule has 1 amide bonds. The molecular weight excluding hydrogens is 405 g/mol. The lowest BCUT2D eigenvalue weighted by molar-refractivity contribution is -0.387. The van der Waals surface area contributed by atoms with E-state index in [1.165, 1.54) is 18.5 Å². The van der Waals surface area contributed by atoms with Gasteiger partial charge >= 0.3 is 0 Å². The second kappa shape index (κ2) is 8.84. The van der Waals surface area contributed by atoms with Crippen LogP contribution in [0.15, 0.2) is 27.6 Å². The van der Waals surface area contributed by atoms with Crippen LogP contribution in [0.3, 0.4) is 0 Å². The predicted molar refractivity (Wildman–Crippen MR) is 101 cm³/mol. The summed E-state index contributed by atoms with van der Waals surface area (Å²) in [5, 5.41) is 14.7. The first-order chi connectivity index (χ1) is 11.8. The molecule has 1 N–H and O–H groups in total. The number of hydrogen-bond donors (Lipinski definition) is 1. The molecule has 0 spiro atoms. The van der Waals surface area contributed by atoms with Gasteiger partial charge in [-0.05, 0) is 12.3 Å². The highest BCUT2D eigenvalue weighted by Crippen LogP contribution is 2.45. The minimum absolute atomic E-state index is 0.145. The Bertz CT molecular complexity index is 776. The van der Waals surface area contributed by atoms with Gasteiger partial charge in [0.1, 0.15) is 9.09 Å². The molecule has 0 aromatic carbocycles. The summed E-state index contributed by atoms with van der Waals surface area (Å²) in [7, 11) is 0. The molecule has 2 rings (SSSR count). The van der Waals surface area contributed by atoms with E-state index in [-0.39, 0.29) is 16.5 Å². The largest absolute Gasteiger partial charge is 0.351 e. The SMILES string of the molecule is CC(C)CCNC(=O)c1cc([N+](=O)[O-])c(Sc2c(Cl)cncc2Cl)s1. The van der Waals surface area contributed by atoms with Gasteiger partial charge in [-0.2, -0.15) is 0 Å². The number of pyridine rings is 1. The van der Waals surface area contributed by atoms with Gasteiger partial charge < -0.3 is 5.32 Å². The van der Waals surface area contributed by atoms with Crippen LogP contribution in [0.5, 0.6) is 0 Å². The second-order valence-electron chi connectivity index (χ2n) is 5.51. The number of nitrogens with one attached hydrogen (secondary N) is 1. The van der Waals surface area contributed by atoms with Crippen LogP contribution >= 0.6 is 46.3 Å². The number of nitro groups is 1. The van der Waals surface area contributed by atoms with E-state index < -0.39 is 4.92 Å². The van der Waals surface area contributed by atoms with E-state index in [0.29, 0.717) is 31.6 Å². The molecule has 2 aromatic heterocycles. The van der Waals surface area contributed by atoms with Crippen molar-refractivity contribution in [2.45, 2.75) is 29.4 Å². The van der Waals surface area contributed by atoms with Crippen molar-refractivity contribution < 1.29 is 9.72 Å². The smallest absolute Gasteiger partial charge is 0.294 e. The third-order valence-electron chi connectivity index (χ3n) is 3.11. The maximum Gasteiger partial charge on any atom is 0.294 e. The van der Waals surface area contributed by atoms with Crippen LogP contribution < -0.4 is 5.32 Å². The van der Waals surface area contributed by atoms with Gasteiger partial charge in [0.25, 0.3) is 11.6 Å². The quantitative estimate of drug-likeness (QED) is 0.486. The number of rotatable bonds is 7. The molecule has 134 valence electrons. The van der Waals surface area contributed by atoms with Crippen molar-refractivity contribution in [1.82, 2.24) is 10.3 Å². The minimum atomic E-state index is -0.521. The molecule has 10 heteroatoms.